The Morgan fingerprint density at radius 3 is 2.63 bits per heavy atom. The molecular formula is C23H23ClN2O3S. The molecule has 0 aliphatic carbocycles. The van der Waals surface area contributed by atoms with Gasteiger partial charge in [0, 0.05) is 27.4 Å². The quantitative estimate of drug-likeness (QED) is 0.455. The molecule has 0 saturated carbocycles. The van der Waals surface area contributed by atoms with E-state index in [1.54, 1.807) is 31.1 Å². The third-order valence-corrected chi connectivity index (χ3v) is 5.84. The first-order valence-electron chi connectivity index (χ1n) is 9.36. The molecule has 0 saturated heterocycles. The number of pyridine rings is 1. The molecule has 1 heterocycles. The number of aromatic nitrogens is 1. The van der Waals surface area contributed by atoms with E-state index in [-0.39, 0.29) is 12.5 Å². The van der Waals surface area contributed by atoms with Crippen LogP contribution in [0, 0.1) is 13.8 Å². The van der Waals surface area contributed by atoms with Crippen molar-refractivity contribution in [1.29, 1.82) is 0 Å². The summed E-state index contributed by atoms with van der Waals surface area (Å²) in [5.74, 6) is 1.38. The summed E-state index contributed by atoms with van der Waals surface area (Å²) in [7, 11) is 1.54. The molecule has 5 nitrogen and oxygen atoms in total. The fraction of sp³-hybridized carbons (Fsp3) is 0.217. The Labute approximate surface area is 185 Å². The van der Waals surface area contributed by atoms with Crippen LogP contribution >= 0.6 is 23.4 Å². The zero-order valence-corrected chi connectivity index (χ0v) is 18.6. The van der Waals surface area contributed by atoms with Gasteiger partial charge in [0.15, 0.2) is 18.1 Å². The molecule has 0 unspecified atom stereocenters. The number of hydrogen-bond donors (Lipinski definition) is 1. The summed E-state index contributed by atoms with van der Waals surface area (Å²) in [6, 6.07) is 15.2. The Morgan fingerprint density at radius 2 is 1.90 bits per heavy atom. The zero-order chi connectivity index (χ0) is 21.5. The van der Waals surface area contributed by atoms with E-state index < -0.39 is 0 Å². The van der Waals surface area contributed by atoms with Gasteiger partial charge in [-0.3, -0.25) is 9.78 Å². The first kappa shape index (κ1) is 22.0. The van der Waals surface area contributed by atoms with Gasteiger partial charge in [-0.2, -0.15) is 0 Å². The molecule has 2 aromatic carbocycles. The average molecular weight is 443 g/mol. The molecule has 0 bridgehead atoms. The van der Waals surface area contributed by atoms with Crippen molar-refractivity contribution < 1.29 is 14.3 Å². The SMILES string of the molecule is COc1cnc(CSc2ccc(Cl)cc2)cc1OCC(=O)Nc1cccc(C)c1C. The predicted molar refractivity (Wildman–Crippen MR) is 122 cm³/mol. The summed E-state index contributed by atoms with van der Waals surface area (Å²) in [6.07, 6.45) is 1.61. The van der Waals surface area contributed by atoms with Crippen LogP contribution in [0.4, 0.5) is 5.69 Å². The summed E-state index contributed by atoms with van der Waals surface area (Å²) in [5, 5.41) is 3.59. The van der Waals surface area contributed by atoms with Crippen molar-refractivity contribution in [2.24, 2.45) is 0 Å². The molecule has 0 aliphatic rings. The highest BCUT2D eigenvalue weighted by Crippen LogP contribution is 2.30. The first-order chi connectivity index (χ1) is 14.5. The molecule has 156 valence electrons. The number of benzene rings is 2. The minimum atomic E-state index is -0.236. The summed E-state index contributed by atoms with van der Waals surface area (Å²) in [6.45, 7) is 3.85. The standard InChI is InChI=1S/C23H23ClN2O3S/c1-15-5-4-6-20(16(15)2)26-23(27)13-29-21-11-18(25-12-22(21)28-3)14-30-19-9-7-17(24)8-10-19/h4-12H,13-14H2,1-3H3,(H,26,27). The molecule has 1 aromatic heterocycles. The molecule has 0 radical (unpaired) electrons. The third kappa shape index (κ3) is 5.90. The van der Waals surface area contributed by atoms with Crippen molar-refractivity contribution >= 4 is 35.0 Å². The number of methoxy groups -OCH3 is 1. The van der Waals surface area contributed by atoms with Crippen LogP contribution in [-0.4, -0.2) is 24.6 Å². The number of carbonyl (C=O) groups excluding carboxylic acids is 1. The molecule has 7 heteroatoms. The largest absolute Gasteiger partial charge is 0.491 e. The van der Waals surface area contributed by atoms with E-state index in [0.717, 1.165) is 27.4 Å². The van der Waals surface area contributed by atoms with Gasteiger partial charge < -0.3 is 14.8 Å². The Hall–Kier alpha value is -2.70. The van der Waals surface area contributed by atoms with Gasteiger partial charge in [-0.1, -0.05) is 23.7 Å². The molecule has 1 N–H and O–H groups in total. The number of nitrogens with zero attached hydrogens (tertiary/aromatic N) is 1. The van der Waals surface area contributed by atoms with Gasteiger partial charge in [-0.15, -0.1) is 11.8 Å². The zero-order valence-electron chi connectivity index (χ0n) is 17.1. The van der Waals surface area contributed by atoms with E-state index in [4.69, 9.17) is 21.1 Å². The van der Waals surface area contributed by atoms with E-state index in [1.807, 2.05) is 56.3 Å². The molecule has 0 spiro atoms. The van der Waals surface area contributed by atoms with Crippen LogP contribution in [0.5, 0.6) is 11.5 Å². The number of rotatable bonds is 8. The van der Waals surface area contributed by atoms with Crippen molar-refractivity contribution in [1.82, 2.24) is 4.98 Å². The van der Waals surface area contributed by atoms with Crippen LogP contribution in [-0.2, 0) is 10.5 Å². The van der Waals surface area contributed by atoms with Crippen molar-refractivity contribution in [3.63, 3.8) is 0 Å². The topological polar surface area (TPSA) is 60.5 Å². The number of aryl methyl sites for hydroxylation is 1. The van der Waals surface area contributed by atoms with Crippen molar-refractivity contribution in [3.8, 4) is 11.5 Å². The van der Waals surface area contributed by atoms with Gasteiger partial charge in [0.25, 0.3) is 5.91 Å². The van der Waals surface area contributed by atoms with Crippen LogP contribution in [0.2, 0.25) is 5.02 Å². The summed E-state index contributed by atoms with van der Waals surface area (Å²) in [4.78, 5) is 17.9. The highest BCUT2D eigenvalue weighted by atomic mass is 35.5. The fourth-order valence-corrected chi connectivity index (χ4v) is 3.64. The third-order valence-electron chi connectivity index (χ3n) is 4.55. The van der Waals surface area contributed by atoms with Gasteiger partial charge in [0.05, 0.1) is 19.0 Å². The smallest absolute Gasteiger partial charge is 0.262 e. The number of carbonyl (C=O) groups is 1. The van der Waals surface area contributed by atoms with E-state index in [0.29, 0.717) is 22.3 Å². The summed E-state index contributed by atoms with van der Waals surface area (Å²) in [5.41, 5.74) is 3.76. The lowest BCUT2D eigenvalue weighted by Crippen LogP contribution is -2.21. The maximum Gasteiger partial charge on any atom is 0.262 e. The van der Waals surface area contributed by atoms with Crippen LogP contribution < -0.4 is 14.8 Å². The van der Waals surface area contributed by atoms with E-state index in [1.165, 1.54) is 0 Å². The molecular weight excluding hydrogens is 420 g/mol. The van der Waals surface area contributed by atoms with Gasteiger partial charge in [-0.05, 0) is 55.3 Å². The maximum absolute atomic E-state index is 12.4. The number of amides is 1. The molecule has 0 fully saturated rings. The van der Waals surface area contributed by atoms with Gasteiger partial charge in [-0.25, -0.2) is 0 Å². The second-order valence-electron chi connectivity index (χ2n) is 6.65. The lowest BCUT2D eigenvalue weighted by Gasteiger charge is -2.13. The number of thioether (sulfide) groups is 1. The number of halogens is 1. The van der Waals surface area contributed by atoms with E-state index in [2.05, 4.69) is 10.3 Å². The first-order valence-corrected chi connectivity index (χ1v) is 10.7. The van der Waals surface area contributed by atoms with Crippen LogP contribution in [0.15, 0.2) is 59.6 Å². The summed E-state index contributed by atoms with van der Waals surface area (Å²) < 4.78 is 11.1. The van der Waals surface area contributed by atoms with E-state index in [9.17, 15) is 4.79 Å². The monoisotopic (exact) mass is 442 g/mol. The predicted octanol–water partition coefficient (Wildman–Crippen LogP) is 5.67. The van der Waals surface area contributed by atoms with Crippen molar-refractivity contribution in [2.75, 3.05) is 19.0 Å². The van der Waals surface area contributed by atoms with Gasteiger partial charge in [0.1, 0.15) is 0 Å². The molecule has 30 heavy (non-hydrogen) atoms. The van der Waals surface area contributed by atoms with Crippen LogP contribution in [0.25, 0.3) is 0 Å². The van der Waals surface area contributed by atoms with Gasteiger partial charge in [0.2, 0.25) is 0 Å². The van der Waals surface area contributed by atoms with Crippen molar-refractivity contribution in [2.45, 2.75) is 24.5 Å². The fourth-order valence-electron chi connectivity index (χ4n) is 2.71. The van der Waals surface area contributed by atoms with Crippen LogP contribution in [0.3, 0.4) is 0 Å². The molecule has 3 aromatic rings. The minimum absolute atomic E-state index is 0.127. The number of anilines is 1. The van der Waals surface area contributed by atoms with Crippen molar-refractivity contribution in [3.05, 3.63) is 76.6 Å². The summed E-state index contributed by atoms with van der Waals surface area (Å²) >= 11 is 7.56. The molecule has 0 atom stereocenters. The second kappa shape index (κ2) is 10.4. The maximum atomic E-state index is 12.4. The average Bonchev–Trinajstić information content (AvgIpc) is 2.75. The van der Waals surface area contributed by atoms with Gasteiger partial charge >= 0.3 is 0 Å². The number of ether oxygens (including phenoxy) is 2. The number of hydrogen-bond acceptors (Lipinski definition) is 5. The minimum Gasteiger partial charge on any atom is -0.491 e. The Balaban J connectivity index is 1.62. The molecule has 0 aliphatic heterocycles. The number of nitrogens with one attached hydrogen (secondary N) is 1. The Bertz CT molecular complexity index is 1030. The second-order valence-corrected chi connectivity index (χ2v) is 8.14. The highest BCUT2D eigenvalue weighted by molar-refractivity contribution is 7.98. The highest BCUT2D eigenvalue weighted by Gasteiger charge is 2.12. The Kier molecular flexibility index (Phi) is 7.60. The van der Waals surface area contributed by atoms with Crippen LogP contribution in [0.1, 0.15) is 16.8 Å². The lowest BCUT2D eigenvalue weighted by atomic mass is 10.1. The lowest BCUT2D eigenvalue weighted by molar-refractivity contribution is -0.118. The normalized spacial score (nSPS) is 10.5. The Morgan fingerprint density at radius 1 is 1.13 bits per heavy atom. The molecule has 1 amide bonds. The van der Waals surface area contributed by atoms with E-state index >= 15 is 0 Å². The molecule has 3 rings (SSSR count).